The van der Waals surface area contributed by atoms with Gasteiger partial charge in [-0.1, -0.05) is 139 Å². The van der Waals surface area contributed by atoms with E-state index in [4.69, 9.17) is 23.5 Å². The highest BCUT2D eigenvalue weighted by Gasteiger charge is 2.48. The summed E-state index contributed by atoms with van der Waals surface area (Å²) in [6, 6.07) is 0. The molecule has 330 valence electrons. The van der Waals surface area contributed by atoms with E-state index in [0.29, 0.717) is 13.0 Å². The normalized spacial score (nSPS) is 21.3. The quantitative estimate of drug-likeness (QED) is 0.0205. The van der Waals surface area contributed by atoms with Crippen molar-refractivity contribution in [2.24, 2.45) is 0 Å². The van der Waals surface area contributed by atoms with Crippen molar-refractivity contribution >= 4 is 16.4 Å². The van der Waals surface area contributed by atoms with Crippen LogP contribution in [0.1, 0.15) is 149 Å². The van der Waals surface area contributed by atoms with Crippen LogP contribution in [0.5, 0.6) is 0 Å². The van der Waals surface area contributed by atoms with E-state index in [9.17, 15) is 28.5 Å². The average Bonchev–Trinajstić information content (AvgIpc) is 3.18. The molecular formula is C44H76O12S. The van der Waals surface area contributed by atoms with Crippen LogP contribution in [0.4, 0.5) is 0 Å². The molecule has 6 atom stereocenters. The molecule has 0 aromatic heterocycles. The molecule has 0 bridgehead atoms. The fourth-order valence-corrected chi connectivity index (χ4v) is 6.66. The Kier molecular flexibility index (Phi) is 33.1. The van der Waals surface area contributed by atoms with Gasteiger partial charge in [0.2, 0.25) is 0 Å². The Labute approximate surface area is 344 Å². The molecule has 1 fully saturated rings. The minimum Gasteiger partial charge on any atom is -0.457 e. The lowest BCUT2D eigenvalue weighted by atomic mass is 9.99. The van der Waals surface area contributed by atoms with E-state index in [2.05, 4.69) is 66.6 Å². The monoisotopic (exact) mass is 829 g/mol. The number of carbonyl (C=O) groups is 1. The Hall–Kier alpha value is -2.20. The molecule has 0 radical (unpaired) electrons. The average molecular weight is 829 g/mol. The fourth-order valence-electron chi connectivity index (χ4n) is 6.15. The van der Waals surface area contributed by atoms with Crippen molar-refractivity contribution in [2.75, 3.05) is 26.4 Å². The summed E-state index contributed by atoms with van der Waals surface area (Å²) in [6.45, 7) is 3.75. The van der Waals surface area contributed by atoms with Gasteiger partial charge in [-0.2, -0.15) is 8.42 Å². The van der Waals surface area contributed by atoms with Gasteiger partial charge in [0.15, 0.2) is 6.29 Å². The first-order chi connectivity index (χ1) is 27.6. The Morgan fingerprint density at radius 2 is 1.21 bits per heavy atom. The van der Waals surface area contributed by atoms with Crippen molar-refractivity contribution in [2.45, 2.75) is 185 Å². The van der Waals surface area contributed by atoms with Gasteiger partial charge in [-0.25, -0.2) is 4.18 Å². The lowest BCUT2D eigenvalue weighted by Gasteiger charge is -2.41. The third kappa shape index (κ3) is 29.6. The van der Waals surface area contributed by atoms with Crippen molar-refractivity contribution in [3.63, 3.8) is 0 Å². The lowest BCUT2D eigenvalue weighted by Crippen LogP contribution is -2.60. The predicted octanol–water partition coefficient (Wildman–Crippen LogP) is 8.57. The van der Waals surface area contributed by atoms with Gasteiger partial charge in [-0.05, 0) is 64.2 Å². The van der Waals surface area contributed by atoms with Gasteiger partial charge in [-0.3, -0.25) is 9.35 Å². The van der Waals surface area contributed by atoms with E-state index >= 15 is 0 Å². The van der Waals surface area contributed by atoms with Crippen LogP contribution in [-0.4, -0.2) is 97.5 Å². The highest BCUT2D eigenvalue weighted by Crippen LogP contribution is 2.26. The number of hydrogen-bond donors (Lipinski definition) is 4. The van der Waals surface area contributed by atoms with E-state index in [1.165, 1.54) is 64.2 Å². The van der Waals surface area contributed by atoms with Crippen LogP contribution in [0.25, 0.3) is 0 Å². The molecule has 0 aromatic rings. The molecule has 1 aliphatic rings. The van der Waals surface area contributed by atoms with Crippen molar-refractivity contribution in [3.05, 3.63) is 60.8 Å². The molecule has 6 unspecified atom stereocenters. The lowest BCUT2D eigenvalue weighted by molar-refractivity contribution is -0.301. The summed E-state index contributed by atoms with van der Waals surface area (Å²) in [5.74, 6) is -0.483. The molecule has 1 rings (SSSR count). The van der Waals surface area contributed by atoms with Crippen LogP contribution < -0.4 is 0 Å². The summed E-state index contributed by atoms with van der Waals surface area (Å²) in [4.78, 5) is 12.8. The molecule has 1 saturated heterocycles. The maximum absolute atomic E-state index is 12.8. The van der Waals surface area contributed by atoms with Crippen LogP contribution in [0.3, 0.4) is 0 Å². The molecular weight excluding hydrogens is 753 g/mol. The fraction of sp³-hybridized carbons (Fsp3) is 0.750. The van der Waals surface area contributed by atoms with Crippen molar-refractivity contribution in [1.82, 2.24) is 0 Å². The molecule has 0 aromatic carbocycles. The van der Waals surface area contributed by atoms with E-state index in [-0.39, 0.29) is 19.6 Å². The van der Waals surface area contributed by atoms with Gasteiger partial charge >= 0.3 is 16.4 Å². The topological polar surface area (TPSA) is 178 Å². The highest BCUT2D eigenvalue weighted by molar-refractivity contribution is 7.80. The second-order valence-corrected chi connectivity index (χ2v) is 15.6. The SMILES string of the molecule is CC/C=C\C/C=C\C/C=C\C/C=C\CCC(=O)OC(COCCCCCCCC/C=C\CCCCCCCCC)COC1OC(CO)C(O)C(OS(=O)(=O)O)C1O. The minimum absolute atomic E-state index is 0.000714. The molecule has 13 heteroatoms. The predicted molar refractivity (Wildman–Crippen MR) is 225 cm³/mol. The van der Waals surface area contributed by atoms with Crippen LogP contribution in [0, 0.1) is 0 Å². The van der Waals surface area contributed by atoms with E-state index in [1.54, 1.807) is 0 Å². The molecule has 12 nitrogen and oxygen atoms in total. The third-order valence-corrected chi connectivity index (χ3v) is 9.85. The molecule has 0 aliphatic carbocycles. The number of esters is 1. The molecule has 1 heterocycles. The van der Waals surface area contributed by atoms with Gasteiger partial charge in [0.1, 0.15) is 30.5 Å². The minimum atomic E-state index is -5.07. The van der Waals surface area contributed by atoms with Crippen molar-refractivity contribution in [3.8, 4) is 0 Å². The molecule has 4 N–H and O–H groups in total. The van der Waals surface area contributed by atoms with Gasteiger partial charge in [-0.15, -0.1) is 0 Å². The summed E-state index contributed by atoms with van der Waals surface area (Å²) < 4.78 is 58.8. The van der Waals surface area contributed by atoms with Crippen molar-refractivity contribution in [1.29, 1.82) is 0 Å². The number of carbonyl (C=O) groups excluding carboxylic acids is 1. The summed E-state index contributed by atoms with van der Waals surface area (Å²) in [5, 5.41) is 30.6. The van der Waals surface area contributed by atoms with E-state index in [0.717, 1.165) is 57.8 Å². The summed E-state index contributed by atoms with van der Waals surface area (Å²) in [7, 11) is -5.07. The Bertz CT molecular complexity index is 1230. The van der Waals surface area contributed by atoms with Crippen LogP contribution in [-0.2, 0) is 38.3 Å². The third-order valence-electron chi connectivity index (χ3n) is 9.39. The first kappa shape index (κ1) is 52.8. The van der Waals surface area contributed by atoms with E-state index < -0.39 is 59.8 Å². The Morgan fingerprint density at radius 1 is 0.684 bits per heavy atom. The van der Waals surface area contributed by atoms with Crippen LogP contribution in [0.2, 0.25) is 0 Å². The molecule has 57 heavy (non-hydrogen) atoms. The summed E-state index contributed by atoms with van der Waals surface area (Å²) in [6.07, 6.45) is 34.2. The van der Waals surface area contributed by atoms with Crippen LogP contribution in [0.15, 0.2) is 60.8 Å². The number of aliphatic hydroxyl groups is 3. The first-order valence-corrected chi connectivity index (χ1v) is 22.9. The smallest absolute Gasteiger partial charge is 0.397 e. The highest BCUT2D eigenvalue weighted by atomic mass is 32.3. The van der Waals surface area contributed by atoms with Gasteiger partial charge in [0.25, 0.3) is 0 Å². The van der Waals surface area contributed by atoms with Crippen LogP contribution >= 0.6 is 0 Å². The number of ether oxygens (including phenoxy) is 4. The zero-order valence-electron chi connectivity index (χ0n) is 34.9. The summed E-state index contributed by atoms with van der Waals surface area (Å²) in [5.41, 5.74) is 0. The largest absolute Gasteiger partial charge is 0.457 e. The zero-order valence-corrected chi connectivity index (χ0v) is 35.7. The number of allylic oxidation sites excluding steroid dienone is 10. The van der Waals surface area contributed by atoms with Gasteiger partial charge in [0, 0.05) is 13.0 Å². The molecule has 0 spiro atoms. The molecule has 0 saturated carbocycles. The maximum atomic E-state index is 12.8. The first-order valence-electron chi connectivity index (χ1n) is 21.5. The Morgan fingerprint density at radius 3 is 1.77 bits per heavy atom. The van der Waals surface area contributed by atoms with Gasteiger partial charge in [0.05, 0.1) is 19.8 Å². The Balaban J connectivity index is 2.50. The number of rotatable bonds is 36. The number of hydrogen-bond acceptors (Lipinski definition) is 11. The maximum Gasteiger partial charge on any atom is 0.397 e. The number of aliphatic hydroxyl groups excluding tert-OH is 3. The standard InChI is InChI=1S/C44H76O12S/c1-3-5-7-9-11-13-15-17-18-19-20-22-24-26-28-30-32-34-52-36-38(37-53-44-42(48)43(56-57(49,50)51)41(47)39(35-45)55-44)54-40(46)33-31-29-27-25-23-21-16-14-12-10-8-6-4-2/h6,8,12,14,18-19,21,23,27,29,38-39,41-45,47-48H,3-5,7,9-11,13,15-17,20,22,24-26,28,30-37H2,1-2H3,(H,49,50,51)/b8-6-,14-12-,19-18-,23-21-,29-27-. The zero-order chi connectivity index (χ0) is 41.8. The second kappa shape index (κ2) is 35.7. The molecule has 1 aliphatic heterocycles. The number of unbranched alkanes of at least 4 members (excludes halogenated alkanes) is 13. The molecule has 0 amide bonds. The summed E-state index contributed by atoms with van der Waals surface area (Å²) >= 11 is 0. The van der Waals surface area contributed by atoms with Gasteiger partial charge < -0.3 is 34.3 Å². The second-order valence-electron chi connectivity index (χ2n) is 14.5. The van der Waals surface area contributed by atoms with Crippen molar-refractivity contribution < 1.29 is 56.2 Å². The van der Waals surface area contributed by atoms with E-state index in [1.807, 2.05) is 12.2 Å².